The second-order valence-electron chi connectivity index (χ2n) is 5.96. The van der Waals surface area contributed by atoms with Crippen LogP contribution in [-0.2, 0) is 13.4 Å². The van der Waals surface area contributed by atoms with E-state index in [-0.39, 0.29) is 12.7 Å². The van der Waals surface area contributed by atoms with E-state index in [2.05, 4.69) is 0 Å². The molecule has 0 aromatic heterocycles. The molecule has 3 rings (SSSR count). The first-order chi connectivity index (χ1) is 13.5. The first kappa shape index (κ1) is 21.6. The second kappa shape index (κ2) is 7.63. The van der Waals surface area contributed by atoms with Crippen LogP contribution in [0.2, 0.25) is 0 Å². The average molecular weight is 530 g/mol. The summed E-state index contributed by atoms with van der Waals surface area (Å²) in [6.45, 7) is 1.29. The third kappa shape index (κ3) is 3.75. The molecule has 1 aliphatic rings. The summed E-state index contributed by atoms with van der Waals surface area (Å²) in [6, 6.07) is 12.2. The van der Waals surface area contributed by atoms with Crippen molar-refractivity contribution < 1.29 is 38.9 Å². The van der Waals surface area contributed by atoms with Crippen LogP contribution in [0.4, 0.5) is 26.3 Å². The van der Waals surface area contributed by atoms with E-state index in [1.165, 1.54) is 31.2 Å². The van der Waals surface area contributed by atoms with E-state index in [0.29, 0.717) is 0 Å². The molecule has 2 aromatic carbocycles. The van der Waals surface area contributed by atoms with Crippen LogP contribution in [-0.4, -0.2) is 18.3 Å². The van der Waals surface area contributed by atoms with E-state index < -0.39 is 49.7 Å². The molecule has 0 saturated heterocycles. The van der Waals surface area contributed by atoms with Crippen LogP contribution in [0.5, 0.6) is 0 Å². The Balaban J connectivity index is 1.98. The zero-order valence-electron chi connectivity index (χ0n) is 14.6. The fourth-order valence-corrected chi connectivity index (χ4v) is 7.57. The second-order valence-corrected chi connectivity index (χ2v) is 10.7. The van der Waals surface area contributed by atoms with Gasteiger partial charge in [0.1, 0.15) is 0 Å². The number of benzene rings is 2. The summed E-state index contributed by atoms with van der Waals surface area (Å²) < 4.78 is 91.5. The van der Waals surface area contributed by atoms with Gasteiger partial charge in [-0.3, -0.25) is 0 Å². The monoisotopic (exact) mass is 530 g/mol. The molecule has 0 N–H and O–H groups in total. The number of hydrogen-bond acceptors (Lipinski definition) is 3. The number of carbonyl (C=O) groups is 1. The van der Waals surface area contributed by atoms with Gasteiger partial charge in [-0.05, 0) is 0 Å². The third-order valence-electron chi connectivity index (χ3n) is 4.04. The zero-order chi connectivity index (χ0) is 21.4. The van der Waals surface area contributed by atoms with Crippen molar-refractivity contribution in [1.82, 2.24) is 0 Å². The van der Waals surface area contributed by atoms with Crippen LogP contribution in [0, 0.1) is 3.57 Å². The molecular weight excluding hydrogens is 517 g/mol. The van der Waals surface area contributed by atoms with Crippen molar-refractivity contribution in [2.45, 2.75) is 24.9 Å². The van der Waals surface area contributed by atoms with Gasteiger partial charge in [0.05, 0.1) is 0 Å². The van der Waals surface area contributed by atoms with Gasteiger partial charge in [0.25, 0.3) is 0 Å². The third-order valence-corrected chi connectivity index (χ3v) is 8.93. The predicted octanol–water partition coefficient (Wildman–Crippen LogP) is 6.35. The summed E-state index contributed by atoms with van der Waals surface area (Å²) in [4.78, 5) is 12.0. The summed E-state index contributed by atoms with van der Waals surface area (Å²) in [5.41, 5.74) is -5.18. The van der Waals surface area contributed by atoms with E-state index in [1.54, 1.807) is 18.2 Å². The Bertz CT molecular complexity index is 923. The Hall–Kier alpha value is -2.08. The molecule has 0 amide bonds. The van der Waals surface area contributed by atoms with Crippen LogP contribution < -0.4 is 0 Å². The maximum atomic E-state index is 13.6. The average Bonchev–Trinajstić information content (AvgIpc) is 3.03. The molecule has 0 spiro atoms. The van der Waals surface area contributed by atoms with Gasteiger partial charge in [-0.15, -0.1) is 0 Å². The van der Waals surface area contributed by atoms with Crippen LogP contribution in [0.1, 0.15) is 22.8 Å². The van der Waals surface area contributed by atoms with Crippen molar-refractivity contribution in [1.29, 1.82) is 0 Å². The molecule has 0 fully saturated rings. The zero-order valence-corrected chi connectivity index (χ0v) is 16.8. The van der Waals surface area contributed by atoms with Gasteiger partial charge in [-0.2, -0.15) is 0 Å². The van der Waals surface area contributed by atoms with Gasteiger partial charge in [0, 0.05) is 0 Å². The molecule has 3 nitrogen and oxygen atoms in total. The van der Waals surface area contributed by atoms with E-state index >= 15 is 0 Å². The Kier molecular flexibility index (Phi) is 5.69. The number of allylic oxidation sites excluding steroid dienone is 1. The maximum absolute atomic E-state index is 13.6. The minimum absolute atomic E-state index is 0.0290. The van der Waals surface area contributed by atoms with Gasteiger partial charge in [0.2, 0.25) is 0 Å². The molecule has 2 aromatic rings. The molecule has 0 atom stereocenters. The van der Waals surface area contributed by atoms with Gasteiger partial charge in [0.15, 0.2) is 0 Å². The number of rotatable bonds is 3. The van der Waals surface area contributed by atoms with Crippen LogP contribution in [0.15, 0.2) is 64.4 Å². The molecule has 156 valence electrons. The van der Waals surface area contributed by atoms with Crippen molar-refractivity contribution in [3.63, 3.8) is 0 Å². The number of alkyl halides is 6. The molecule has 10 heteroatoms. The molecule has 0 radical (unpaired) electrons. The number of carbonyl (C=O) groups excluding carboxylic acids is 1. The first-order valence-electron chi connectivity index (χ1n) is 8.04. The van der Waals surface area contributed by atoms with Crippen LogP contribution in [0.25, 0.3) is 0 Å². The minimum atomic E-state index is -5.71. The van der Waals surface area contributed by atoms with E-state index in [1.807, 2.05) is 0 Å². The number of ether oxygens (including phenoxy) is 1. The number of esters is 1. The van der Waals surface area contributed by atoms with Crippen molar-refractivity contribution in [2.75, 3.05) is 0 Å². The first-order valence-corrected chi connectivity index (χ1v) is 11.1. The van der Waals surface area contributed by atoms with Gasteiger partial charge in [-0.25, -0.2) is 0 Å². The fourth-order valence-electron chi connectivity index (χ4n) is 2.69. The quantitative estimate of drug-likeness (QED) is 0.201. The Labute approximate surface area is 169 Å². The summed E-state index contributed by atoms with van der Waals surface area (Å²) in [7, 11) is 0. The molecule has 0 saturated carbocycles. The van der Waals surface area contributed by atoms with E-state index in [9.17, 15) is 31.1 Å². The normalized spacial score (nSPS) is 17.8. The Morgan fingerprint density at radius 2 is 1.52 bits per heavy atom. The number of fused-ring (bicyclic) bond motifs is 1. The van der Waals surface area contributed by atoms with Crippen LogP contribution in [0.3, 0.4) is 0 Å². The fraction of sp³-hybridized carbons (Fsp3) is 0.211. The molecule has 1 heterocycles. The van der Waals surface area contributed by atoms with Crippen molar-refractivity contribution in [2.24, 2.45) is 0 Å². The molecular formula is C19H13F6IO3. The van der Waals surface area contributed by atoms with Crippen LogP contribution >= 0.6 is 20.2 Å². The Morgan fingerprint density at radius 3 is 2.10 bits per heavy atom. The summed E-state index contributed by atoms with van der Waals surface area (Å²) >= 11 is -3.63. The van der Waals surface area contributed by atoms with Crippen molar-refractivity contribution in [3.05, 3.63) is 79.1 Å². The summed E-state index contributed by atoms with van der Waals surface area (Å²) in [6.07, 6.45) is -10.6. The molecule has 1 aliphatic heterocycles. The molecule has 0 aliphatic carbocycles. The number of hydrogen-bond donors (Lipinski definition) is 0. The molecule has 0 unspecified atom stereocenters. The predicted molar refractivity (Wildman–Crippen MR) is 99.6 cm³/mol. The van der Waals surface area contributed by atoms with Crippen molar-refractivity contribution in [3.8, 4) is 0 Å². The van der Waals surface area contributed by atoms with Crippen molar-refractivity contribution >= 4 is 26.2 Å². The summed E-state index contributed by atoms with van der Waals surface area (Å²) in [5, 5.41) is 0. The van der Waals surface area contributed by atoms with Gasteiger partial charge >= 0.3 is 169 Å². The SMILES string of the molecule is C/C(=C\OC(=O)c1ccccc1)I1OC(C(F)(F)F)(C(F)(F)F)c2ccccc21. The van der Waals surface area contributed by atoms with E-state index in [4.69, 9.17) is 7.80 Å². The van der Waals surface area contributed by atoms with E-state index in [0.717, 1.165) is 18.4 Å². The standard InChI is InChI=1S/C19H13F6IO3/c1-12(11-28-16(27)13-7-3-2-4-8-13)26-15-10-6-5-9-14(15)17(29-26,18(20,21)22)19(23,24)25/h2-11H,1H3/b12-11+. The van der Waals surface area contributed by atoms with Gasteiger partial charge < -0.3 is 0 Å². The van der Waals surface area contributed by atoms with Gasteiger partial charge in [-0.1, -0.05) is 0 Å². The summed E-state index contributed by atoms with van der Waals surface area (Å²) in [5.74, 6) is -0.786. The number of halogens is 7. The molecule has 0 bridgehead atoms. The topological polar surface area (TPSA) is 35.5 Å². The molecule has 29 heavy (non-hydrogen) atoms. The Morgan fingerprint density at radius 1 is 0.966 bits per heavy atom.